The van der Waals surface area contributed by atoms with Crippen LogP contribution in [0.3, 0.4) is 0 Å². The topological polar surface area (TPSA) is 57.6 Å². The molecule has 1 aliphatic rings. The number of nitrogens with zero attached hydrogens (tertiary/aromatic N) is 1. The Bertz CT molecular complexity index is 729. The van der Waals surface area contributed by atoms with Crippen LogP contribution in [0.15, 0.2) is 60.7 Å². The van der Waals surface area contributed by atoms with Crippen LogP contribution in [0.25, 0.3) is 0 Å². The SMILES string of the molecule is CN1C(CC(=O)c2ccccc2)CC(O)C1CC(=O)c1ccccc1. The Morgan fingerprint density at radius 1 is 0.920 bits per heavy atom. The van der Waals surface area contributed by atoms with Gasteiger partial charge in [-0.3, -0.25) is 14.5 Å². The minimum Gasteiger partial charge on any atom is -0.391 e. The largest absolute Gasteiger partial charge is 0.391 e. The van der Waals surface area contributed by atoms with E-state index in [9.17, 15) is 14.7 Å². The highest BCUT2D eigenvalue weighted by atomic mass is 16.3. The van der Waals surface area contributed by atoms with Crippen molar-refractivity contribution in [2.24, 2.45) is 0 Å². The van der Waals surface area contributed by atoms with Gasteiger partial charge in [0.2, 0.25) is 0 Å². The summed E-state index contributed by atoms with van der Waals surface area (Å²) >= 11 is 0. The quantitative estimate of drug-likeness (QED) is 0.824. The summed E-state index contributed by atoms with van der Waals surface area (Å²) < 4.78 is 0. The third kappa shape index (κ3) is 4.03. The van der Waals surface area contributed by atoms with Gasteiger partial charge < -0.3 is 5.11 Å². The van der Waals surface area contributed by atoms with Crippen molar-refractivity contribution in [1.29, 1.82) is 0 Å². The number of rotatable bonds is 6. The summed E-state index contributed by atoms with van der Waals surface area (Å²) in [5.41, 5.74) is 1.35. The van der Waals surface area contributed by atoms with Gasteiger partial charge >= 0.3 is 0 Å². The lowest BCUT2D eigenvalue weighted by atomic mass is 10.00. The average Bonchev–Trinajstić information content (AvgIpc) is 2.90. The monoisotopic (exact) mass is 337 g/mol. The molecule has 4 nitrogen and oxygen atoms in total. The van der Waals surface area contributed by atoms with Gasteiger partial charge in [0.25, 0.3) is 0 Å². The van der Waals surface area contributed by atoms with Crippen molar-refractivity contribution in [3.05, 3.63) is 71.8 Å². The second kappa shape index (κ2) is 7.72. The predicted molar refractivity (Wildman–Crippen MR) is 96.7 cm³/mol. The highest BCUT2D eigenvalue weighted by Gasteiger charge is 2.39. The fourth-order valence-electron chi connectivity index (χ4n) is 3.54. The van der Waals surface area contributed by atoms with Gasteiger partial charge in [-0.25, -0.2) is 0 Å². The average molecular weight is 337 g/mol. The van der Waals surface area contributed by atoms with Crippen molar-refractivity contribution < 1.29 is 14.7 Å². The number of hydrogen-bond donors (Lipinski definition) is 1. The molecule has 3 rings (SSSR count). The number of benzene rings is 2. The Morgan fingerprint density at radius 3 is 1.92 bits per heavy atom. The molecule has 1 fully saturated rings. The Balaban J connectivity index is 1.64. The van der Waals surface area contributed by atoms with Gasteiger partial charge in [-0.05, 0) is 13.5 Å². The van der Waals surface area contributed by atoms with Crippen molar-refractivity contribution in [2.45, 2.75) is 37.5 Å². The standard InChI is InChI=1S/C21H23NO3/c1-22-17(12-19(23)15-8-4-2-5-9-15)13-21(25)18(22)14-20(24)16-10-6-3-7-11-16/h2-11,17-18,21,25H,12-14H2,1H3. The van der Waals surface area contributed by atoms with Crippen LogP contribution in [0.4, 0.5) is 0 Å². The predicted octanol–water partition coefficient (Wildman–Crippen LogP) is 2.97. The van der Waals surface area contributed by atoms with Crippen molar-refractivity contribution in [3.63, 3.8) is 0 Å². The lowest BCUT2D eigenvalue weighted by molar-refractivity contribution is 0.0821. The van der Waals surface area contributed by atoms with Gasteiger partial charge in [0.1, 0.15) is 0 Å². The third-order valence-electron chi connectivity index (χ3n) is 5.06. The molecular weight excluding hydrogens is 314 g/mol. The highest BCUT2D eigenvalue weighted by Crippen LogP contribution is 2.29. The Morgan fingerprint density at radius 2 is 1.40 bits per heavy atom. The van der Waals surface area contributed by atoms with Gasteiger partial charge in [0.15, 0.2) is 11.6 Å². The number of hydrogen-bond acceptors (Lipinski definition) is 4. The molecular formula is C21H23NO3. The second-order valence-corrected chi connectivity index (χ2v) is 6.68. The molecule has 2 aromatic rings. The molecule has 3 unspecified atom stereocenters. The van der Waals surface area contributed by atoms with Crippen molar-refractivity contribution >= 4 is 11.6 Å². The van der Waals surface area contributed by atoms with E-state index < -0.39 is 6.10 Å². The van der Waals surface area contributed by atoms with Crippen molar-refractivity contribution in [1.82, 2.24) is 4.90 Å². The summed E-state index contributed by atoms with van der Waals surface area (Å²) in [6.07, 6.45) is 0.541. The van der Waals surface area contributed by atoms with Crippen molar-refractivity contribution in [3.8, 4) is 0 Å². The summed E-state index contributed by atoms with van der Waals surface area (Å²) in [7, 11) is 1.89. The van der Waals surface area contributed by atoms with Crippen LogP contribution in [0, 0.1) is 0 Å². The number of aliphatic hydroxyl groups excluding tert-OH is 1. The number of aliphatic hydroxyl groups is 1. The minimum absolute atomic E-state index is 0.0199. The highest BCUT2D eigenvalue weighted by molar-refractivity contribution is 5.97. The van der Waals surface area contributed by atoms with Gasteiger partial charge in [-0.1, -0.05) is 60.7 Å². The molecule has 2 aromatic carbocycles. The number of likely N-dealkylation sites (N-methyl/N-ethyl adjacent to an activating group) is 1. The van der Waals surface area contributed by atoms with Crippen LogP contribution in [0.1, 0.15) is 40.0 Å². The minimum atomic E-state index is -0.591. The number of Topliss-reactive ketones (excluding diaryl/α,β-unsaturated/α-hetero) is 2. The van der Waals surface area contributed by atoms with E-state index in [0.29, 0.717) is 24.0 Å². The first kappa shape index (κ1) is 17.5. The van der Waals surface area contributed by atoms with E-state index in [-0.39, 0.29) is 30.1 Å². The fourth-order valence-corrected chi connectivity index (χ4v) is 3.54. The maximum absolute atomic E-state index is 12.4. The van der Waals surface area contributed by atoms with Crippen LogP contribution < -0.4 is 0 Å². The molecule has 0 bridgehead atoms. The van der Waals surface area contributed by atoms with Crippen LogP contribution >= 0.6 is 0 Å². The smallest absolute Gasteiger partial charge is 0.164 e. The number of likely N-dealkylation sites (tertiary alicyclic amines) is 1. The fraction of sp³-hybridized carbons (Fsp3) is 0.333. The molecule has 25 heavy (non-hydrogen) atoms. The molecule has 1 N–H and O–H groups in total. The van der Waals surface area contributed by atoms with E-state index in [1.165, 1.54) is 0 Å². The third-order valence-corrected chi connectivity index (χ3v) is 5.06. The molecule has 1 heterocycles. The molecule has 3 atom stereocenters. The lowest BCUT2D eigenvalue weighted by Gasteiger charge is -2.25. The maximum atomic E-state index is 12.4. The molecule has 1 aliphatic heterocycles. The summed E-state index contributed by atoms with van der Waals surface area (Å²) in [4.78, 5) is 26.9. The summed E-state index contributed by atoms with van der Waals surface area (Å²) in [6, 6.07) is 18.0. The van der Waals surface area contributed by atoms with Crippen LogP contribution in [0.5, 0.6) is 0 Å². The molecule has 130 valence electrons. The normalized spacial score (nSPS) is 23.5. The van der Waals surface area contributed by atoms with E-state index in [1.807, 2.05) is 60.5 Å². The van der Waals surface area contributed by atoms with Gasteiger partial charge in [-0.2, -0.15) is 0 Å². The van der Waals surface area contributed by atoms with Crippen LogP contribution in [-0.2, 0) is 0 Å². The van der Waals surface area contributed by atoms with E-state index in [4.69, 9.17) is 0 Å². The first-order valence-corrected chi connectivity index (χ1v) is 8.62. The molecule has 4 heteroatoms. The number of ketones is 2. The lowest BCUT2D eigenvalue weighted by Crippen LogP contribution is -2.38. The molecule has 0 amide bonds. The van der Waals surface area contributed by atoms with E-state index >= 15 is 0 Å². The molecule has 0 aromatic heterocycles. The van der Waals surface area contributed by atoms with Crippen molar-refractivity contribution in [2.75, 3.05) is 7.05 Å². The van der Waals surface area contributed by atoms with Gasteiger partial charge in [0, 0.05) is 36.1 Å². The summed E-state index contributed by atoms with van der Waals surface area (Å²) in [5.74, 6) is 0.0891. The molecule has 0 radical (unpaired) electrons. The Kier molecular flexibility index (Phi) is 5.41. The molecule has 0 aliphatic carbocycles. The summed E-state index contributed by atoms with van der Waals surface area (Å²) in [5, 5.41) is 10.4. The summed E-state index contributed by atoms with van der Waals surface area (Å²) in [6.45, 7) is 0. The first-order valence-electron chi connectivity index (χ1n) is 8.62. The number of carbonyl (C=O) groups excluding carboxylic acids is 2. The van der Waals surface area contributed by atoms with Gasteiger partial charge in [0.05, 0.1) is 6.10 Å². The zero-order valence-electron chi connectivity index (χ0n) is 14.3. The van der Waals surface area contributed by atoms with E-state index in [1.54, 1.807) is 12.1 Å². The Labute approximate surface area is 148 Å². The molecule has 1 saturated heterocycles. The second-order valence-electron chi connectivity index (χ2n) is 6.68. The maximum Gasteiger partial charge on any atom is 0.164 e. The van der Waals surface area contributed by atoms with E-state index in [2.05, 4.69) is 0 Å². The first-order chi connectivity index (χ1) is 12.1. The van der Waals surface area contributed by atoms with E-state index in [0.717, 1.165) is 0 Å². The number of carbonyl (C=O) groups is 2. The van der Waals surface area contributed by atoms with Crippen LogP contribution in [0.2, 0.25) is 0 Å². The zero-order chi connectivity index (χ0) is 17.8. The Hall–Kier alpha value is -2.30. The van der Waals surface area contributed by atoms with Gasteiger partial charge in [-0.15, -0.1) is 0 Å². The molecule has 0 saturated carbocycles. The van der Waals surface area contributed by atoms with Crippen LogP contribution in [-0.4, -0.2) is 46.8 Å². The molecule has 0 spiro atoms. The zero-order valence-corrected chi connectivity index (χ0v) is 14.3.